The molecule has 1 aliphatic heterocycles. The minimum Gasteiger partial charge on any atom is -0.330 e. The molecule has 1 aliphatic carbocycles. The van der Waals surface area contributed by atoms with Crippen LogP contribution >= 0.6 is 15.9 Å². The summed E-state index contributed by atoms with van der Waals surface area (Å²) in [5, 5.41) is 0. The van der Waals surface area contributed by atoms with E-state index in [0.29, 0.717) is 18.4 Å². The maximum atomic E-state index is 13.3. The third-order valence-corrected chi connectivity index (χ3v) is 6.30. The van der Waals surface area contributed by atoms with E-state index < -0.39 is 0 Å². The van der Waals surface area contributed by atoms with Crippen LogP contribution in [0, 0.1) is 17.8 Å². The first-order chi connectivity index (χ1) is 12.2. The van der Waals surface area contributed by atoms with E-state index in [2.05, 4.69) is 70.2 Å². The van der Waals surface area contributed by atoms with Crippen molar-refractivity contribution in [2.75, 3.05) is 0 Å². The third kappa shape index (κ3) is 2.95. The first-order valence-electron chi connectivity index (χ1n) is 8.92. The predicted octanol–water partition coefficient (Wildman–Crippen LogP) is 5.36. The van der Waals surface area contributed by atoms with Gasteiger partial charge in [-0.2, -0.15) is 0 Å². The number of halogens is 1. The highest BCUT2D eigenvalue weighted by atomic mass is 79.9. The molecule has 0 aromatic heterocycles. The van der Waals surface area contributed by atoms with Crippen molar-refractivity contribution in [1.82, 2.24) is 4.90 Å². The maximum Gasteiger partial charge on any atom is 0.227 e. The Bertz CT molecular complexity index is 801. The van der Waals surface area contributed by atoms with Gasteiger partial charge in [0.1, 0.15) is 0 Å². The Morgan fingerprint density at radius 3 is 2.56 bits per heavy atom. The van der Waals surface area contributed by atoms with E-state index in [9.17, 15) is 4.79 Å². The summed E-state index contributed by atoms with van der Waals surface area (Å²) in [6.07, 6.45) is 5.53. The van der Waals surface area contributed by atoms with E-state index in [0.717, 1.165) is 10.9 Å². The molecule has 4 atom stereocenters. The van der Waals surface area contributed by atoms with Gasteiger partial charge < -0.3 is 4.90 Å². The molecule has 0 N–H and O–H groups in total. The molecule has 2 aliphatic rings. The summed E-state index contributed by atoms with van der Waals surface area (Å²) in [7, 11) is 0. The molecule has 1 amide bonds. The molecule has 2 aromatic rings. The SMILES string of the molecule is C[C@@H]1CC=C[C@H]2[C@H]1C(=O)N(Cc1ccccc1)[C@H]2c1ccccc1Br. The van der Waals surface area contributed by atoms with Crippen LogP contribution in [-0.4, -0.2) is 10.8 Å². The van der Waals surface area contributed by atoms with E-state index in [1.54, 1.807) is 0 Å². The zero-order valence-electron chi connectivity index (χ0n) is 14.3. The van der Waals surface area contributed by atoms with Crippen molar-refractivity contribution in [3.8, 4) is 0 Å². The normalized spacial score (nSPS) is 28.2. The number of fused-ring (bicyclic) bond motifs is 1. The number of carbonyl (C=O) groups is 1. The number of allylic oxidation sites excluding steroid dienone is 1. The fourth-order valence-electron chi connectivity index (χ4n) is 4.39. The van der Waals surface area contributed by atoms with Crippen molar-refractivity contribution in [3.63, 3.8) is 0 Å². The van der Waals surface area contributed by atoms with Crippen LogP contribution in [0.25, 0.3) is 0 Å². The van der Waals surface area contributed by atoms with Crippen molar-refractivity contribution >= 4 is 21.8 Å². The van der Waals surface area contributed by atoms with Crippen LogP contribution in [0.4, 0.5) is 0 Å². The minimum atomic E-state index is 0.0887. The molecule has 2 aromatic carbocycles. The second-order valence-corrected chi connectivity index (χ2v) is 8.02. The monoisotopic (exact) mass is 395 g/mol. The smallest absolute Gasteiger partial charge is 0.227 e. The number of hydrogen-bond acceptors (Lipinski definition) is 1. The first kappa shape index (κ1) is 16.6. The number of amides is 1. The van der Waals surface area contributed by atoms with Gasteiger partial charge in [0.25, 0.3) is 0 Å². The zero-order chi connectivity index (χ0) is 17.4. The van der Waals surface area contributed by atoms with Gasteiger partial charge in [-0.05, 0) is 29.5 Å². The molecule has 4 rings (SSSR count). The summed E-state index contributed by atoms with van der Waals surface area (Å²) < 4.78 is 1.08. The molecular weight excluding hydrogens is 374 g/mol. The Kier molecular flexibility index (Phi) is 4.51. The van der Waals surface area contributed by atoms with Crippen LogP contribution in [0.1, 0.15) is 30.5 Å². The highest BCUT2D eigenvalue weighted by Gasteiger charge is 2.50. The Labute approximate surface area is 157 Å². The van der Waals surface area contributed by atoms with Gasteiger partial charge in [-0.15, -0.1) is 0 Å². The molecule has 1 saturated heterocycles. The number of carbonyl (C=O) groups excluding carboxylic acids is 1. The number of nitrogens with zero attached hydrogens (tertiary/aromatic N) is 1. The Balaban J connectivity index is 1.78. The van der Waals surface area contributed by atoms with Gasteiger partial charge in [-0.3, -0.25) is 4.79 Å². The van der Waals surface area contributed by atoms with Gasteiger partial charge in [0.05, 0.1) is 6.04 Å². The van der Waals surface area contributed by atoms with Crippen molar-refractivity contribution in [2.45, 2.75) is 25.9 Å². The van der Waals surface area contributed by atoms with E-state index in [-0.39, 0.29) is 17.9 Å². The fraction of sp³-hybridized carbons (Fsp3) is 0.318. The summed E-state index contributed by atoms with van der Waals surface area (Å²) in [6, 6.07) is 18.7. The second kappa shape index (κ2) is 6.80. The Hall–Kier alpha value is -1.87. The zero-order valence-corrected chi connectivity index (χ0v) is 15.9. The van der Waals surface area contributed by atoms with Gasteiger partial charge in [-0.25, -0.2) is 0 Å². The van der Waals surface area contributed by atoms with Gasteiger partial charge in [-0.1, -0.05) is 83.5 Å². The summed E-state index contributed by atoms with van der Waals surface area (Å²) in [5.41, 5.74) is 2.39. The van der Waals surface area contributed by atoms with Crippen LogP contribution in [0.15, 0.2) is 71.2 Å². The van der Waals surface area contributed by atoms with Crippen LogP contribution in [0.5, 0.6) is 0 Å². The van der Waals surface area contributed by atoms with Crippen LogP contribution in [0.3, 0.4) is 0 Å². The summed E-state index contributed by atoms with van der Waals surface area (Å²) in [4.78, 5) is 15.4. The Morgan fingerprint density at radius 1 is 1.08 bits per heavy atom. The average Bonchev–Trinajstić information content (AvgIpc) is 2.90. The summed E-state index contributed by atoms with van der Waals surface area (Å²) in [5.74, 6) is 1.03. The van der Waals surface area contributed by atoms with E-state index in [4.69, 9.17) is 0 Å². The lowest BCUT2D eigenvalue weighted by Gasteiger charge is -2.30. The molecule has 1 fully saturated rings. The molecular formula is C22H22BrNO. The van der Waals surface area contributed by atoms with Gasteiger partial charge in [0.2, 0.25) is 5.91 Å². The third-order valence-electron chi connectivity index (χ3n) is 5.58. The molecule has 1 heterocycles. The topological polar surface area (TPSA) is 20.3 Å². The quantitative estimate of drug-likeness (QED) is 0.640. The van der Waals surface area contributed by atoms with E-state index >= 15 is 0 Å². The largest absolute Gasteiger partial charge is 0.330 e. The van der Waals surface area contributed by atoms with Crippen LogP contribution in [0.2, 0.25) is 0 Å². The lowest BCUT2D eigenvalue weighted by molar-refractivity contribution is -0.134. The lowest BCUT2D eigenvalue weighted by atomic mass is 9.75. The molecule has 3 heteroatoms. The minimum absolute atomic E-state index is 0.0887. The highest BCUT2D eigenvalue weighted by molar-refractivity contribution is 9.10. The summed E-state index contributed by atoms with van der Waals surface area (Å²) >= 11 is 3.71. The van der Waals surface area contributed by atoms with Gasteiger partial charge in [0.15, 0.2) is 0 Å². The molecule has 0 radical (unpaired) electrons. The lowest BCUT2D eigenvalue weighted by Crippen LogP contribution is -2.30. The molecule has 2 nitrogen and oxygen atoms in total. The number of rotatable bonds is 3. The predicted molar refractivity (Wildman–Crippen MR) is 104 cm³/mol. The maximum absolute atomic E-state index is 13.3. The molecule has 0 bridgehead atoms. The molecule has 0 unspecified atom stereocenters. The number of benzene rings is 2. The van der Waals surface area contributed by atoms with E-state index in [1.807, 2.05) is 24.3 Å². The van der Waals surface area contributed by atoms with E-state index in [1.165, 1.54) is 11.1 Å². The molecule has 25 heavy (non-hydrogen) atoms. The summed E-state index contributed by atoms with van der Waals surface area (Å²) in [6.45, 7) is 2.88. The van der Waals surface area contributed by atoms with Gasteiger partial charge in [0, 0.05) is 22.9 Å². The van der Waals surface area contributed by atoms with Crippen molar-refractivity contribution in [2.24, 2.45) is 17.8 Å². The number of likely N-dealkylation sites (tertiary alicyclic amines) is 1. The molecule has 0 saturated carbocycles. The molecule has 0 spiro atoms. The number of hydrogen-bond donors (Lipinski definition) is 0. The van der Waals surface area contributed by atoms with Crippen LogP contribution in [-0.2, 0) is 11.3 Å². The van der Waals surface area contributed by atoms with Crippen molar-refractivity contribution in [1.29, 1.82) is 0 Å². The highest BCUT2D eigenvalue weighted by Crippen LogP contribution is 2.50. The average molecular weight is 396 g/mol. The second-order valence-electron chi connectivity index (χ2n) is 7.16. The Morgan fingerprint density at radius 2 is 1.80 bits per heavy atom. The fourth-order valence-corrected chi connectivity index (χ4v) is 4.91. The van der Waals surface area contributed by atoms with Crippen molar-refractivity contribution in [3.05, 3.63) is 82.3 Å². The standard InChI is InChI=1S/C22H22BrNO/c1-15-8-7-12-18-20(15)22(25)24(14-16-9-3-2-4-10-16)21(18)17-11-5-6-13-19(17)23/h2-7,9-13,15,18,20-21H,8,14H2,1H3/t15-,18+,20+,21+/m1/s1. The molecule has 128 valence electrons. The van der Waals surface area contributed by atoms with Crippen molar-refractivity contribution < 1.29 is 4.79 Å². The van der Waals surface area contributed by atoms with Crippen LogP contribution < -0.4 is 0 Å². The van der Waals surface area contributed by atoms with Gasteiger partial charge >= 0.3 is 0 Å². The first-order valence-corrected chi connectivity index (χ1v) is 9.71.